The average molecular weight is 246 g/mol. The molecule has 0 bridgehead atoms. The van der Waals surface area contributed by atoms with Gasteiger partial charge in [-0.15, -0.1) is 6.58 Å². The van der Waals surface area contributed by atoms with Crippen molar-refractivity contribution in [2.24, 2.45) is 5.92 Å². The average Bonchev–Trinajstić information content (AvgIpc) is 3.20. The maximum atomic E-state index is 11.7. The van der Waals surface area contributed by atoms with E-state index in [4.69, 9.17) is 4.74 Å². The van der Waals surface area contributed by atoms with Gasteiger partial charge in [0.05, 0.1) is 6.61 Å². The van der Waals surface area contributed by atoms with Gasteiger partial charge in [0.15, 0.2) is 5.60 Å². The van der Waals surface area contributed by atoms with Crippen LogP contribution in [0, 0.1) is 5.92 Å². The zero-order valence-corrected chi connectivity index (χ0v) is 10.3. The number of carboxylic acid groups (broad SMARTS) is 1. The minimum atomic E-state index is -1.18. The van der Waals surface area contributed by atoms with E-state index in [2.05, 4.69) is 6.58 Å². The normalized spacial score (nSPS) is 18.0. The molecule has 0 saturated heterocycles. The quantitative estimate of drug-likeness (QED) is 0.594. The van der Waals surface area contributed by atoms with E-state index in [1.807, 2.05) is 30.3 Å². The van der Waals surface area contributed by atoms with Crippen LogP contribution in [0.2, 0.25) is 0 Å². The fraction of sp³-hybridized carbons (Fsp3) is 0.400. The highest BCUT2D eigenvalue weighted by Gasteiger charge is 2.53. The van der Waals surface area contributed by atoms with Crippen LogP contribution in [0.5, 0.6) is 0 Å². The molecule has 0 radical (unpaired) electrons. The summed E-state index contributed by atoms with van der Waals surface area (Å²) in [5.74, 6) is -0.803. The molecule has 0 spiro atoms. The summed E-state index contributed by atoms with van der Waals surface area (Å²) in [7, 11) is 0. The highest BCUT2D eigenvalue weighted by atomic mass is 16.5. The van der Waals surface area contributed by atoms with E-state index in [9.17, 15) is 9.90 Å². The van der Waals surface area contributed by atoms with E-state index in [0.717, 1.165) is 18.4 Å². The predicted molar refractivity (Wildman–Crippen MR) is 69.2 cm³/mol. The first kappa shape index (κ1) is 12.8. The van der Waals surface area contributed by atoms with Crippen LogP contribution >= 0.6 is 0 Å². The van der Waals surface area contributed by atoms with Crippen LogP contribution in [0.25, 0.3) is 0 Å². The van der Waals surface area contributed by atoms with Crippen molar-refractivity contribution < 1.29 is 14.6 Å². The van der Waals surface area contributed by atoms with Gasteiger partial charge in [-0.2, -0.15) is 0 Å². The lowest BCUT2D eigenvalue weighted by atomic mass is 9.88. The Kier molecular flexibility index (Phi) is 3.82. The molecule has 1 fully saturated rings. The molecule has 3 heteroatoms. The van der Waals surface area contributed by atoms with Gasteiger partial charge in [0.2, 0.25) is 0 Å². The van der Waals surface area contributed by atoms with Crippen LogP contribution in [0.1, 0.15) is 24.8 Å². The van der Waals surface area contributed by atoms with Crippen molar-refractivity contribution in [3.63, 3.8) is 0 Å². The first-order valence-corrected chi connectivity index (χ1v) is 6.25. The van der Waals surface area contributed by atoms with Crippen molar-refractivity contribution in [1.82, 2.24) is 0 Å². The summed E-state index contributed by atoms with van der Waals surface area (Å²) in [6, 6.07) is 9.26. The Balaban J connectivity index is 2.31. The first-order valence-electron chi connectivity index (χ1n) is 6.25. The van der Waals surface area contributed by atoms with Crippen LogP contribution in [0.15, 0.2) is 43.0 Å². The summed E-state index contributed by atoms with van der Waals surface area (Å²) in [6.45, 7) is 4.02. The maximum absolute atomic E-state index is 11.7. The molecule has 96 valence electrons. The molecule has 0 aliphatic heterocycles. The molecule has 0 heterocycles. The number of ether oxygens (including phenoxy) is 1. The minimum absolute atomic E-state index is 0.0854. The fourth-order valence-electron chi connectivity index (χ4n) is 2.28. The number of hydrogen-bond acceptors (Lipinski definition) is 2. The van der Waals surface area contributed by atoms with Crippen LogP contribution in [0.4, 0.5) is 0 Å². The Hall–Kier alpha value is -1.61. The second-order valence-corrected chi connectivity index (χ2v) is 4.61. The Labute approximate surface area is 107 Å². The largest absolute Gasteiger partial charge is 0.479 e. The lowest BCUT2D eigenvalue weighted by Gasteiger charge is -2.30. The van der Waals surface area contributed by atoms with Gasteiger partial charge in [-0.05, 0) is 24.8 Å². The van der Waals surface area contributed by atoms with Gasteiger partial charge in [0, 0.05) is 5.92 Å². The third-order valence-corrected chi connectivity index (χ3v) is 3.32. The number of carbonyl (C=O) groups is 1. The summed E-state index contributed by atoms with van der Waals surface area (Å²) in [6.07, 6.45) is 4.23. The van der Waals surface area contributed by atoms with Gasteiger partial charge in [0.1, 0.15) is 0 Å². The van der Waals surface area contributed by atoms with Crippen molar-refractivity contribution in [1.29, 1.82) is 0 Å². The SMILES string of the molecule is C=CCCOC(C(=O)O)(c1ccccc1)C1CC1. The van der Waals surface area contributed by atoms with E-state index in [0.29, 0.717) is 13.0 Å². The topological polar surface area (TPSA) is 46.5 Å². The molecule has 1 aromatic carbocycles. The minimum Gasteiger partial charge on any atom is -0.479 e. The monoisotopic (exact) mass is 246 g/mol. The van der Waals surface area contributed by atoms with Crippen LogP contribution in [-0.2, 0) is 15.1 Å². The maximum Gasteiger partial charge on any atom is 0.340 e. The molecule has 18 heavy (non-hydrogen) atoms. The Morgan fingerprint density at radius 1 is 1.44 bits per heavy atom. The molecule has 1 aliphatic carbocycles. The zero-order valence-electron chi connectivity index (χ0n) is 10.3. The molecule has 3 nitrogen and oxygen atoms in total. The van der Waals surface area contributed by atoms with Crippen molar-refractivity contribution in [2.75, 3.05) is 6.61 Å². The third-order valence-electron chi connectivity index (χ3n) is 3.32. The van der Waals surface area contributed by atoms with Crippen LogP contribution in [0.3, 0.4) is 0 Å². The lowest BCUT2D eigenvalue weighted by Crippen LogP contribution is -2.41. The molecule has 1 N–H and O–H groups in total. The molecule has 0 amide bonds. The first-order chi connectivity index (χ1) is 8.71. The summed E-state index contributed by atoms with van der Waals surface area (Å²) in [5.41, 5.74) is -0.436. The Morgan fingerprint density at radius 3 is 2.61 bits per heavy atom. The van der Waals surface area contributed by atoms with Gasteiger partial charge in [0.25, 0.3) is 0 Å². The van der Waals surface area contributed by atoms with Crippen molar-refractivity contribution in [2.45, 2.75) is 24.9 Å². The van der Waals surface area contributed by atoms with E-state index in [1.54, 1.807) is 6.08 Å². The van der Waals surface area contributed by atoms with E-state index < -0.39 is 11.6 Å². The summed E-state index contributed by atoms with van der Waals surface area (Å²) < 4.78 is 5.77. The lowest BCUT2D eigenvalue weighted by molar-refractivity contribution is -0.171. The Bertz CT molecular complexity index is 423. The van der Waals surface area contributed by atoms with Gasteiger partial charge < -0.3 is 9.84 Å². The molecule has 2 rings (SSSR count). The standard InChI is InChI=1S/C15H18O3/c1-2-3-11-18-15(14(16)17,13-9-10-13)12-7-5-4-6-8-12/h2,4-8,13H,1,3,9-11H2,(H,16,17). The number of benzene rings is 1. The van der Waals surface area contributed by atoms with Crippen molar-refractivity contribution in [3.05, 3.63) is 48.6 Å². The number of rotatable bonds is 7. The number of carboxylic acids is 1. The summed E-state index contributed by atoms with van der Waals surface area (Å²) in [5, 5.41) is 9.64. The van der Waals surface area contributed by atoms with Gasteiger partial charge in [-0.1, -0.05) is 36.4 Å². The summed E-state index contributed by atoms with van der Waals surface area (Å²) in [4.78, 5) is 11.7. The highest BCUT2D eigenvalue weighted by Crippen LogP contribution is 2.48. The smallest absolute Gasteiger partial charge is 0.340 e. The third kappa shape index (κ3) is 2.31. The zero-order chi connectivity index (χ0) is 13.0. The molecule has 1 aromatic rings. The molecule has 0 aromatic heterocycles. The van der Waals surface area contributed by atoms with Crippen LogP contribution < -0.4 is 0 Å². The predicted octanol–water partition coefficient (Wildman–Crippen LogP) is 2.97. The molecule has 1 aliphatic rings. The van der Waals surface area contributed by atoms with Gasteiger partial charge in [-0.3, -0.25) is 0 Å². The number of hydrogen-bond donors (Lipinski definition) is 1. The van der Waals surface area contributed by atoms with Gasteiger partial charge >= 0.3 is 5.97 Å². The van der Waals surface area contributed by atoms with Gasteiger partial charge in [-0.25, -0.2) is 4.79 Å². The van der Waals surface area contributed by atoms with Crippen LogP contribution in [-0.4, -0.2) is 17.7 Å². The second-order valence-electron chi connectivity index (χ2n) is 4.61. The fourth-order valence-corrected chi connectivity index (χ4v) is 2.28. The second kappa shape index (κ2) is 5.36. The highest BCUT2D eigenvalue weighted by molar-refractivity contribution is 5.80. The molecule has 1 saturated carbocycles. The molecule has 1 atom stereocenters. The summed E-state index contributed by atoms with van der Waals surface area (Å²) >= 11 is 0. The molecular formula is C15H18O3. The number of aliphatic carboxylic acids is 1. The van der Waals surface area contributed by atoms with E-state index in [1.165, 1.54) is 0 Å². The van der Waals surface area contributed by atoms with Crippen molar-refractivity contribution >= 4 is 5.97 Å². The van der Waals surface area contributed by atoms with Crippen molar-refractivity contribution in [3.8, 4) is 0 Å². The van der Waals surface area contributed by atoms with E-state index >= 15 is 0 Å². The molecular weight excluding hydrogens is 228 g/mol. The Morgan fingerprint density at radius 2 is 2.11 bits per heavy atom. The van der Waals surface area contributed by atoms with E-state index in [-0.39, 0.29) is 5.92 Å². The molecule has 1 unspecified atom stereocenters.